The van der Waals surface area contributed by atoms with Crippen LogP contribution in [0, 0.1) is 0 Å². The van der Waals surface area contributed by atoms with Gasteiger partial charge >= 0.3 is 5.97 Å². The van der Waals surface area contributed by atoms with Crippen LogP contribution in [-0.4, -0.2) is 31.6 Å². The Hall–Kier alpha value is -0.980. The van der Waals surface area contributed by atoms with E-state index in [1.807, 2.05) is 0 Å². The molecule has 5 nitrogen and oxygen atoms in total. The van der Waals surface area contributed by atoms with Gasteiger partial charge in [-0.2, -0.15) is 4.57 Å². The zero-order chi connectivity index (χ0) is 25.5. The second-order valence-electron chi connectivity index (χ2n) is 10.5. The summed E-state index contributed by atoms with van der Waals surface area (Å²) in [5, 5.41) is 2.08. The number of aryl methyl sites for hydroxylation is 1. The van der Waals surface area contributed by atoms with Gasteiger partial charge in [0, 0.05) is 12.8 Å². The van der Waals surface area contributed by atoms with Crippen LogP contribution in [-0.2, 0) is 25.5 Å². The number of carbonyl (C=O) groups excluding carboxylic acids is 1. The molecule has 1 aliphatic rings. The lowest BCUT2D eigenvalue weighted by Gasteiger charge is -2.12. The Bertz CT molecular complexity index is 624. The molecule has 2 heterocycles. The quantitative estimate of drug-likeness (QED) is 0.0778. The third kappa shape index (κ3) is 16.7. The largest absolute Gasteiger partial charge is 0.463 e. The van der Waals surface area contributed by atoms with Crippen molar-refractivity contribution in [3.05, 3.63) is 17.1 Å². The van der Waals surface area contributed by atoms with Crippen LogP contribution < -0.4 is 4.57 Å². The fraction of sp³-hybridized carbons (Fsp3) is 0.867. The highest BCUT2D eigenvalue weighted by Gasteiger charge is 2.26. The first-order chi connectivity index (χ1) is 17.8. The maximum Gasteiger partial charge on any atom is 0.305 e. The number of unbranched alkanes of at least 4 members (excludes halogenated alkanes) is 16. The molecular formula is C30H54NO4S+. The Balaban J connectivity index is 1.30. The number of thiazole rings is 1. The molecule has 1 aromatic heterocycles. The minimum absolute atomic E-state index is 0.106. The molecule has 0 spiro atoms. The predicted octanol–water partition coefficient (Wildman–Crippen LogP) is 8.14. The predicted molar refractivity (Wildman–Crippen MR) is 148 cm³/mol. The van der Waals surface area contributed by atoms with E-state index in [1.165, 1.54) is 89.9 Å². The molecule has 0 saturated carbocycles. The fourth-order valence-electron chi connectivity index (χ4n) is 4.82. The Kier molecular flexibility index (Phi) is 19.1. The fourth-order valence-corrected chi connectivity index (χ4v) is 5.45. The first-order valence-electron chi connectivity index (χ1n) is 15.1. The van der Waals surface area contributed by atoms with Crippen molar-refractivity contribution in [1.82, 2.24) is 0 Å². The maximum absolute atomic E-state index is 12.0. The molecule has 2 unspecified atom stereocenters. The Morgan fingerprint density at radius 2 is 1.47 bits per heavy atom. The summed E-state index contributed by atoms with van der Waals surface area (Å²) in [5.74, 6) is -0.118. The summed E-state index contributed by atoms with van der Waals surface area (Å²) in [4.78, 5) is 12.0. The number of carbonyl (C=O) groups is 1. The molecule has 0 aromatic carbocycles. The van der Waals surface area contributed by atoms with Crippen molar-refractivity contribution in [2.45, 2.75) is 154 Å². The number of esters is 1. The zero-order valence-electron chi connectivity index (χ0n) is 23.1. The summed E-state index contributed by atoms with van der Waals surface area (Å²) in [6.45, 7) is 4.16. The summed E-state index contributed by atoms with van der Waals surface area (Å²) in [6.07, 6.45) is 27.0. The smallest absolute Gasteiger partial charge is 0.305 e. The maximum atomic E-state index is 12.0. The van der Waals surface area contributed by atoms with Crippen LogP contribution in [0.25, 0.3) is 0 Å². The summed E-state index contributed by atoms with van der Waals surface area (Å²) >= 11 is 1.71. The van der Waals surface area contributed by atoms with E-state index in [-0.39, 0.29) is 18.4 Å². The second-order valence-corrected chi connectivity index (χ2v) is 11.3. The lowest BCUT2D eigenvalue weighted by Crippen LogP contribution is -2.29. The highest BCUT2D eigenvalue weighted by Crippen LogP contribution is 2.19. The third-order valence-corrected chi connectivity index (χ3v) is 7.78. The molecule has 2 atom stereocenters. The molecule has 2 rings (SSSR count). The second kappa shape index (κ2) is 22.0. The molecule has 1 saturated heterocycles. The van der Waals surface area contributed by atoms with Crippen LogP contribution in [0.15, 0.2) is 17.1 Å². The van der Waals surface area contributed by atoms with Crippen molar-refractivity contribution in [3.63, 3.8) is 0 Å². The van der Waals surface area contributed by atoms with Gasteiger partial charge in [0.1, 0.15) is 19.3 Å². The summed E-state index contributed by atoms with van der Waals surface area (Å²) in [5.41, 5.74) is 2.12. The molecule has 208 valence electrons. The van der Waals surface area contributed by atoms with Gasteiger partial charge in [0.2, 0.25) is 5.51 Å². The number of hydrogen-bond donors (Lipinski definition) is 0. The monoisotopic (exact) mass is 524 g/mol. The highest BCUT2D eigenvalue weighted by atomic mass is 32.1. The van der Waals surface area contributed by atoms with Crippen LogP contribution >= 0.6 is 11.3 Å². The van der Waals surface area contributed by atoms with E-state index in [2.05, 4.69) is 28.6 Å². The van der Waals surface area contributed by atoms with Gasteiger partial charge in [-0.05, 0) is 25.7 Å². The van der Waals surface area contributed by atoms with Crippen LogP contribution in [0.3, 0.4) is 0 Å². The topological polar surface area (TPSA) is 48.6 Å². The molecule has 0 amide bonds. The number of aromatic nitrogens is 1. The van der Waals surface area contributed by atoms with E-state index in [9.17, 15) is 4.79 Å². The lowest BCUT2D eigenvalue weighted by atomic mass is 10.0. The SMILES string of the molecule is CCCCCCCCCCCCCCCCCC1OCC(COC(=O)CCCCC[n+]2ccsc2)O1. The Morgan fingerprint density at radius 3 is 2.08 bits per heavy atom. The van der Waals surface area contributed by atoms with Gasteiger partial charge in [0.15, 0.2) is 12.5 Å². The van der Waals surface area contributed by atoms with E-state index in [1.54, 1.807) is 11.3 Å². The van der Waals surface area contributed by atoms with Gasteiger partial charge in [0.05, 0.1) is 12.0 Å². The van der Waals surface area contributed by atoms with Crippen molar-refractivity contribution in [1.29, 1.82) is 0 Å². The van der Waals surface area contributed by atoms with Crippen molar-refractivity contribution >= 4 is 17.3 Å². The van der Waals surface area contributed by atoms with Gasteiger partial charge in [-0.3, -0.25) is 4.79 Å². The van der Waals surface area contributed by atoms with Gasteiger partial charge in [-0.25, -0.2) is 0 Å². The summed E-state index contributed by atoms with van der Waals surface area (Å²) in [6, 6.07) is 0. The summed E-state index contributed by atoms with van der Waals surface area (Å²) in [7, 11) is 0. The molecule has 1 fully saturated rings. The first-order valence-corrected chi connectivity index (χ1v) is 16.1. The number of hydrogen-bond acceptors (Lipinski definition) is 5. The molecule has 0 radical (unpaired) electrons. The number of ether oxygens (including phenoxy) is 3. The first kappa shape index (κ1) is 31.2. The van der Waals surface area contributed by atoms with Crippen LogP contribution in [0.1, 0.15) is 135 Å². The third-order valence-electron chi connectivity index (χ3n) is 7.11. The Morgan fingerprint density at radius 1 is 0.861 bits per heavy atom. The molecule has 0 aliphatic carbocycles. The average Bonchev–Trinajstić information content (AvgIpc) is 3.57. The van der Waals surface area contributed by atoms with Crippen LogP contribution in [0.5, 0.6) is 0 Å². The molecule has 0 N–H and O–H groups in total. The van der Waals surface area contributed by atoms with E-state index < -0.39 is 0 Å². The molecule has 1 aromatic rings. The minimum Gasteiger partial charge on any atom is -0.463 e. The van der Waals surface area contributed by atoms with Crippen molar-refractivity contribution < 1.29 is 23.6 Å². The minimum atomic E-state index is -0.120. The zero-order valence-corrected chi connectivity index (χ0v) is 24.0. The van der Waals surface area contributed by atoms with Gasteiger partial charge < -0.3 is 14.2 Å². The number of rotatable bonds is 24. The van der Waals surface area contributed by atoms with Crippen molar-refractivity contribution in [2.24, 2.45) is 0 Å². The normalized spacial score (nSPS) is 17.6. The van der Waals surface area contributed by atoms with E-state index in [0.717, 1.165) is 38.6 Å². The molecule has 36 heavy (non-hydrogen) atoms. The van der Waals surface area contributed by atoms with E-state index in [0.29, 0.717) is 19.6 Å². The van der Waals surface area contributed by atoms with Gasteiger partial charge in [0.25, 0.3) is 0 Å². The average molecular weight is 525 g/mol. The standard InChI is InChI=1S/C30H54NO4S/c1-2-3-4-5-6-7-8-9-10-11-12-13-14-15-18-21-30-34-26-28(35-30)25-33-29(32)20-17-16-19-22-31-23-24-36-27-31/h23-24,27-28,30H,2-22,25-26H2,1H3/q+1. The molecule has 1 aliphatic heterocycles. The van der Waals surface area contributed by atoms with E-state index in [4.69, 9.17) is 14.2 Å². The van der Waals surface area contributed by atoms with Crippen molar-refractivity contribution in [3.8, 4) is 0 Å². The van der Waals surface area contributed by atoms with Gasteiger partial charge in [-0.15, -0.1) is 0 Å². The summed E-state index contributed by atoms with van der Waals surface area (Å²) < 4.78 is 19.3. The highest BCUT2D eigenvalue weighted by molar-refractivity contribution is 7.07. The van der Waals surface area contributed by atoms with Crippen LogP contribution in [0.4, 0.5) is 0 Å². The van der Waals surface area contributed by atoms with Crippen molar-refractivity contribution in [2.75, 3.05) is 13.2 Å². The van der Waals surface area contributed by atoms with Gasteiger partial charge in [-0.1, -0.05) is 108 Å². The van der Waals surface area contributed by atoms with Crippen LogP contribution in [0.2, 0.25) is 0 Å². The molecule has 0 bridgehead atoms. The molecular weight excluding hydrogens is 470 g/mol. The Labute approximate surface area is 225 Å². The number of nitrogens with zero attached hydrogens (tertiary/aromatic N) is 1. The molecule has 6 heteroatoms. The lowest BCUT2D eigenvalue weighted by molar-refractivity contribution is -0.692. The van der Waals surface area contributed by atoms with E-state index >= 15 is 0 Å².